The topological polar surface area (TPSA) is 24.5 Å². The molecule has 1 unspecified atom stereocenters. The molecular formula is C13H30N2O. The Morgan fingerprint density at radius 3 is 2.44 bits per heavy atom. The van der Waals surface area contributed by atoms with E-state index < -0.39 is 0 Å². The zero-order valence-electron chi connectivity index (χ0n) is 11.8. The fraction of sp³-hybridized carbons (Fsp3) is 1.00. The first-order valence-corrected chi connectivity index (χ1v) is 6.54. The van der Waals surface area contributed by atoms with Gasteiger partial charge >= 0.3 is 0 Å². The van der Waals surface area contributed by atoms with Crippen molar-refractivity contribution in [3.05, 3.63) is 0 Å². The maximum Gasteiger partial charge on any atom is 0.0615 e. The number of nitrogens with one attached hydrogen (secondary N) is 1. The second-order valence-electron chi connectivity index (χ2n) is 4.80. The van der Waals surface area contributed by atoms with Crippen LogP contribution in [0.25, 0.3) is 0 Å². The number of hydrogen-bond acceptors (Lipinski definition) is 3. The first-order valence-electron chi connectivity index (χ1n) is 6.54. The molecule has 0 saturated carbocycles. The molecule has 0 rings (SSSR count). The number of ether oxygens (including phenoxy) is 1. The molecule has 0 radical (unpaired) electrons. The van der Waals surface area contributed by atoms with Crippen LogP contribution in [0.5, 0.6) is 0 Å². The van der Waals surface area contributed by atoms with E-state index in [1.807, 2.05) is 0 Å². The lowest BCUT2D eigenvalue weighted by Gasteiger charge is -2.21. The number of hydrogen-bond donors (Lipinski definition) is 1. The lowest BCUT2D eigenvalue weighted by Crippen LogP contribution is -2.34. The Morgan fingerprint density at radius 1 is 1.25 bits per heavy atom. The molecule has 0 aromatic carbocycles. The minimum atomic E-state index is 0.521. The summed E-state index contributed by atoms with van der Waals surface area (Å²) in [6, 6.07) is 1.18. The predicted octanol–water partition coefficient (Wildman–Crippen LogP) is 2.12. The molecule has 0 aromatic rings. The highest BCUT2D eigenvalue weighted by molar-refractivity contribution is 4.64. The highest BCUT2D eigenvalue weighted by Gasteiger charge is 2.04. The van der Waals surface area contributed by atoms with Gasteiger partial charge in [-0.2, -0.15) is 0 Å². The van der Waals surface area contributed by atoms with Crippen LogP contribution in [0.15, 0.2) is 0 Å². The molecule has 0 aliphatic carbocycles. The molecule has 3 heteroatoms. The van der Waals surface area contributed by atoms with Gasteiger partial charge in [0.2, 0.25) is 0 Å². The van der Waals surface area contributed by atoms with Crippen molar-refractivity contribution in [2.45, 2.75) is 52.1 Å². The summed E-state index contributed by atoms with van der Waals surface area (Å²) in [4.78, 5) is 2.40. The monoisotopic (exact) mass is 230 g/mol. The van der Waals surface area contributed by atoms with Crippen molar-refractivity contribution in [2.75, 3.05) is 33.9 Å². The zero-order valence-corrected chi connectivity index (χ0v) is 11.8. The Morgan fingerprint density at radius 2 is 1.94 bits per heavy atom. The highest BCUT2D eigenvalue weighted by atomic mass is 16.5. The first-order chi connectivity index (χ1) is 7.61. The van der Waals surface area contributed by atoms with Crippen LogP contribution in [-0.4, -0.2) is 50.8 Å². The summed E-state index contributed by atoms with van der Waals surface area (Å²) >= 11 is 0. The molecule has 1 N–H and O–H groups in total. The molecule has 0 aliphatic heterocycles. The smallest absolute Gasteiger partial charge is 0.0615 e. The van der Waals surface area contributed by atoms with Crippen molar-refractivity contribution >= 4 is 0 Å². The number of rotatable bonds is 10. The van der Waals surface area contributed by atoms with E-state index in [-0.39, 0.29) is 0 Å². The SMILES string of the molecule is CCC(COC)NCCCCN(C)C(C)C. The summed E-state index contributed by atoms with van der Waals surface area (Å²) in [5.41, 5.74) is 0. The Balaban J connectivity index is 3.38. The predicted molar refractivity (Wildman–Crippen MR) is 71.0 cm³/mol. The molecule has 0 aromatic heterocycles. The van der Waals surface area contributed by atoms with Crippen molar-refractivity contribution in [1.82, 2.24) is 10.2 Å². The largest absolute Gasteiger partial charge is 0.383 e. The molecule has 0 aliphatic rings. The molecule has 0 saturated heterocycles. The van der Waals surface area contributed by atoms with Gasteiger partial charge in [0.15, 0.2) is 0 Å². The Labute approximate surface area is 102 Å². The van der Waals surface area contributed by atoms with Gasteiger partial charge in [-0.25, -0.2) is 0 Å². The molecular weight excluding hydrogens is 200 g/mol. The van der Waals surface area contributed by atoms with E-state index in [0.717, 1.165) is 19.6 Å². The molecule has 16 heavy (non-hydrogen) atoms. The first kappa shape index (κ1) is 15.9. The fourth-order valence-corrected chi connectivity index (χ4v) is 1.57. The van der Waals surface area contributed by atoms with Gasteiger partial charge in [-0.15, -0.1) is 0 Å². The van der Waals surface area contributed by atoms with Gasteiger partial charge in [0, 0.05) is 19.2 Å². The summed E-state index contributed by atoms with van der Waals surface area (Å²) in [5, 5.41) is 3.53. The van der Waals surface area contributed by atoms with Crippen molar-refractivity contribution in [3.63, 3.8) is 0 Å². The summed E-state index contributed by atoms with van der Waals surface area (Å²) in [6.07, 6.45) is 3.65. The van der Waals surface area contributed by atoms with Crippen LogP contribution in [0.4, 0.5) is 0 Å². The lowest BCUT2D eigenvalue weighted by molar-refractivity contribution is 0.164. The van der Waals surface area contributed by atoms with Crippen LogP contribution in [0.1, 0.15) is 40.0 Å². The molecule has 0 bridgehead atoms. The summed E-state index contributed by atoms with van der Waals surface area (Å²) in [7, 11) is 3.96. The van der Waals surface area contributed by atoms with Crippen LogP contribution in [0, 0.1) is 0 Å². The van der Waals surface area contributed by atoms with Crippen LogP contribution in [0.3, 0.4) is 0 Å². The fourth-order valence-electron chi connectivity index (χ4n) is 1.57. The van der Waals surface area contributed by atoms with E-state index in [1.54, 1.807) is 7.11 Å². The van der Waals surface area contributed by atoms with E-state index in [0.29, 0.717) is 12.1 Å². The molecule has 0 amide bonds. The van der Waals surface area contributed by atoms with Crippen molar-refractivity contribution < 1.29 is 4.74 Å². The standard InChI is InChI=1S/C13H30N2O/c1-6-13(11-16-5)14-9-7-8-10-15(4)12(2)3/h12-14H,6-11H2,1-5H3. The molecule has 3 nitrogen and oxygen atoms in total. The number of methoxy groups -OCH3 is 1. The summed E-state index contributed by atoms with van der Waals surface area (Å²) < 4.78 is 5.15. The molecule has 98 valence electrons. The Hall–Kier alpha value is -0.120. The third kappa shape index (κ3) is 8.08. The Kier molecular flexibility index (Phi) is 9.99. The summed E-state index contributed by atoms with van der Waals surface area (Å²) in [5.74, 6) is 0. The molecule has 0 spiro atoms. The van der Waals surface area contributed by atoms with Gasteiger partial charge in [0.05, 0.1) is 6.61 Å². The number of unbranched alkanes of at least 4 members (excludes halogenated alkanes) is 1. The quantitative estimate of drug-likeness (QED) is 0.582. The van der Waals surface area contributed by atoms with Crippen molar-refractivity contribution in [1.29, 1.82) is 0 Å². The normalized spacial score (nSPS) is 13.7. The second kappa shape index (κ2) is 10.1. The third-order valence-electron chi connectivity index (χ3n) is 3.11. The van der Waals surface area contributed by atoms with Crippen LogP contribution < -0.4 is 5.32 Å². The van der Waals surface area contributed by atoms with Crippen molar-refractivity contribution in [2.24, 2.45) is 0 Å². The van der Waals surface area contributed by atoms with Crippen LogP contribution in [-0.2, 0) is 4.74 Å². The van der Waals surface area contributed by atoms with E-state index in [9.17, 15) is 0 Å². The van der Waals surface area contributed by atoms with Gasteiger partial charge in [-0.1, -0.05) is 6.92 Å². The highest BCUT2D eigenvalue weighted by Crippen LogP contribution is 1.98. The van der Waals surface area contributed by atoms with E-state index in [1.165, 1.54) is 19.4 Å². The Bertz CT molecular complexity index is 151. The van der Waals surface area contributed by atoms with E-state index >= 15 is 0 Å². The maximum atomic E-state index is 5.15. The van der Waals surface area contributed by atoms with Gasteiger partial charge in [0.1, 0.15) is 0 Å². The average molecular weight is 230 g/mol. The third-order valence-corrected chi connectivity index (χ3v) is 3.11. The molecule has 1 atom stereocenters. The summed E-state index contributed by atoms with van der Waals surface area (Å²) in [6.45, 7) is 9.80. The second-order valence-corrected chi connectivity index (χ2v) is 4.80. The molecule has 0 heterocycles. The molecule has 0 fully saturated rings. The van der Waals surface area contributed by atoms with Gasteiger partial charge in [0.25, 0.3) is 0 Å². The van der Waals surface area contributed by atoms with Gasteiger partial charge in [-0.05, 0) is 53.2 Å². The lowest BCUT2D eigenvalue weighted by atomic mass is 10.2. The van der Waals surface area contributed by atoms with Gasteiger partial charge < -0.3 is 15.0 Å². The zero-order chi connectivity index (χ0) is 12.4. The van der Waals surface area contributed by atoms with E-state index in [4.69, 9.17) is 4.74 Å². The van der Waals surface area contributed by atoms with Crippen LogP contribution >= 0.6 is 0 Å². The van der Waals surface area contributed by atoms with E-state index in [2.05, 4.69) is 38.0 Å². The minimum Gasteiger partial charge on any atom is -0.383 e. The maximum absolute atomic E-state index is 5.15. The number of nitrogens with zero attached hydrogens (tertiary/aromatic N) is 1. The van der Waals surface area contributed by atoms with Gasteiger partial charge in [-0.3, -0.25) is 0 Å². The van der Waals surface area contributed by atoms with Crippen molar-refractivity contribution in [3.8, 4) is 0 Å². The van der Waals surface area contributed by atoms with Crippen LogP contribution in [0.2, 0.25) is 0 Å². The minimum absolute atomic E-state index is 0.521. The average Bonchev–Trinajstić information content (AvgIpc) is 2.26.